The fourth-order valence-corrected chi connectivity index (χ4v) is 2.77. The van der Waals surface area contributed by atoms with Crippen LogP contribution in [0.5, 0.6) is 0 Å². The number of nitrogens with one attached hydrogen (secondary N) is 2. The molecule has 7 heteroatoms. The number of hydrogen-bond donors (Lipinski definition) is 2. The molecule has 0 fully saturated rings. The van der Waals surface area contributed by atoms with Crippen molar-refractivity contribution in [3.05, 3.63) is 69.3 Å². The largest absolute Gasteiger partial charge is 0.328 e. The van der Waals surface area contributed by atoms with Crippen molar-refractivity contribution >= 4 is 11.7 Å². The summed E-state index contributed by atoms with van der Waals surface area (Å²) in [5, 5.41) is 7.23. The number of aromatic nitrogens is 4. The molecule has 1 amide bonds. The summed E-state index contributed by atoms with van der Waals surface area (Å²) in [4.78, 5) is 31.6. The molecule has 3 rings (SSSR count). The number of nitrogens with zero attached hydrogens (tertiary/aromatic N) is 3. The average molecular weight is 351 g/mol. The average Bonchev–Trinajstić information content (AvgIpc) is 3.01. The molecule has 7 nitrogen and oxygen atoms in total. The molecule has 0 saturated heterocycles. The molecule has 2 aromatic heterocycles. The van der Waals surface area contributed by atoms with Crippen LogP contribution in [0.1, 0.15) is 41.2 Å². The Bertz CT molecular complexity index is 1000. The van der Waals surface area contributed by atoms with Gasteiger partial charge in [-0.3, -0.25) is 9.59 Å². The standard InChI is InChI=1S/C19H21N5O2/c1-4-13-8-6-7-9-15(13)18(26)21-16-10-12(3)23-24(16)19-20-14(5-2)11-17(25)22-19/h6-11H,4-5H2,1-3H3,(H,21,26)(H,20,22,25). The molecular formula is C19H21N5O2. The van der Waals surface area contributed by atoms with Crippen LogP contribution in [-0.4, -0.2) is 25.7 Å². The van der Waals surface area contributed by atoms with E-state index in [1.54, 1.807) is 12.1 Å². The quantitative estimate of drug-likeness (QED) is 0.739. The predicted molar refractivity (Wildman–Crippen MR) is 99.9 cm³/mol. The van der Waals surface area contributed by atoms with Gasteiger partial charge in [-0.2, -0.15) is 14.8 Å². The Balaban J connectivity index is 1.99. The molecule has 0 aliphatic heterocycles. The Morgan fingerprint density at radius 1 is 1.19 bits per heavy atom. The number of carbonyl (C=O) groups excluding carboxylic acids is 1. The van der Waals surface area contributed by atoms with Crippen molar-refractivity contribution in [3.63, 3.8) is 0 Å². The molecular weight excluding hydrogens is 330 g/mol. The second-order valence-corrected chi connectivity index (χ2v) is 5.97. The van der Waals surface area contributed by atoms with E-state index in [2.05, 4.69) is 20.4 Å². The minimum Gasteiger partial charge on any atom is -0.328 e. The van der Waals surface area contributed by atoms with Gasteiger partial charge in [-0.1, -0.05) is 32.0 Å². The van der Waals surface area contributed by atoms with E-state index in [9.17, 15) is 9.59 Å². The lowest BCUT2D eigenvalue weighted by atomic mass is 10.0. The van der Waals surface area contributed by atoms with Gasteiger partial charge in [0.25, 0.3) is 11.5 Å². The number of aromatic amines is 1. The zero-order valence-corrected chi connectivity index (χ0v) is 15.0. The Hall–Kier alpha value is -3.22. The molecule has 0 aliphatic carbocycles. The fourth-order valence-electron chi connectivity index (χ4n) is 2.77. The molecule has 0 aliphatic rings. The predicted octanol–water partition coefficient (Wildman–Crippen LogP) is 2.64. The Morgan fingerprint density at radius 3 is 2.69 bits per heavy atom. The third-order valence-corrected chi connectivity index (χ3v) is 4.08. The summed E-state index contributed by atoms with van der Waals surface area (Å²) < 4.78 is 1.45. The maximum atomic E-state index is 12.7. The van der Waals surface area contributed by atoms with E-state index >= 15 is 0 Å². The highest BCUT2D eigenvalue weighted by Gasteiger charge is 2.16. The van der Waals surface area contributed by atoms with Gasteiger partial charge < -0.3 is 10.3 Å². The second kappa shape index (κ2) is 7.35. The van der Waals surface area contributed by atoms with Gasteiger partial charge in [0.1, 0.15) is 5.82 Å². The summed E-state index contributed by atoms with van der Waals surface area (Å²) in [7, 11) is 0. The summed E-state index contributed by atoms with van der Waals surface area (Å²) in [5.41, 5.74) is 2.68. The highest BCUT2D eigenvalue weighted by molar-refractivity contribution is 6.05. The Morgan fingerprint density at radius 2 is 1.96 bits per heavy atom. The van der Waals surface area contributed by atoms with Crippen LogP contribution < -0.4 is 10.9 Å². The zero-order valence-electron chi connectivity index (χ0n) is 15.0. The molecule has 0 unspecified atom stereocenters. The minimum atomic E-state index is -0.350. The van der Waals surface area contributed by atoms with Gasteiger partial charge in [-0.15, -0.1) is 0 Å². The first-order valence-electron chi connectivity index (χ1n) is 8.58. The number of H-pyrrole nitrogens is 1. The maximum Gasteiger partial charge on any atom is 0.274 e. The van der Waals surface area contributed by atoms with E-state index < -0.39 is 0 Å². The monoisotopic (exact) mass is 351 g/mol. The smallest absolute Gasteiger partial charge is 0.274 e. The zero-order chi connectivity index (χ0) is 18.7. The number of anilines is 1. The minimum absolute atomic E-state index is 0.224. The van der Waals surface area contributed by atoms with E-state index in [1.165, 1.54) is 10.7 Å². The van der Waals surface area contributed by atoms with Gasteiger partial charge >= 0.3 is 0 Å². The topological polar surface area (TPSA) is 92.7 Å². The van der Waals surface area contributed by atoms with Gasteiger partial charge in [0.05, 0.1) is 5.69 Å². The molecule has 3 aromatic rings. The number of amides is 1. The van der Waals surface area contributed by atoms with Gasteiger partial charge in [-0.05, 0) is 31.4 Å². The van der Waals surface area contributed by atoms with Crippen LogP contribution in [0.4, 0.5) is 5.82 Å². The van der Waals surface area contributed by atoms with Gasteiger partial charge in [0.2, 0.25) is 5.95 Å². The van der Waals surface area contributed by atoms with Crippen LogP contribution in [0.3, 0.4) is 0 Å². The van der Waals surface area contributed by atoms with Gasteiger partial charge in [-0.25, -0.2) is 0 Å². The van der Waals surface area contributed by atoms with Crippen LogP contribution >= 0.6 is 0 Å². The SMILES string of the molecule is CCc1cc(=O)nc(-n2nc(C)cc2NC(=O)c2ccccc2CC)[nH]1. The summed E-state index contributed by atoms with van der Waals surface area (Å²) in [6.07, 6.45) is 1.42. The van der Waals surface area contributed by atoms with Crippen molar-refractivity contribution in [2.24, 2.45) is 0 Å². The van der Waals surface area contributed by atoms with Crippen molar-refractivity contribution in [2.45, 2.75) is 33.6 Å². The normalized spacial score (nSPS) is 10.7. The molecule has 26 heavy (non-hydrogen) atoms. The first kappa shape index (κ1) is 17.6. The Labute approximate surface area is 151 Å². The lowest BCUT2D eigenvalue weighted by molar-refractivity contribution is 0.102. The number of carbonyl (C=O) groups is 1. The number of benzene rings is 1. The third-order valence-electron chi connectivity index (χ3n) is 4.08. The van der Waals surface area contributed by atoms with Crippen molar-refractivity contribution in [3.8, 4) is 5.95 Å². The van der Waals surface area contributed by atoms with E-state index in [1.807, 2.05) is 39.0 Å². The second-order valence-electron chi connectivity index (χ2n) is 5.97. The lowest BCUT2D eigenvalue weighted by Crippen LogP contribution is -2.20. The first-order valence-corrected chi connectivity index (χ1v) is 8.58. The van der Waals surface area contributed by atoms with Crippen LogP contribution in [0, 0.1) is 6.92 Å². The highest BCUT2D eigenvalue weighted by Crippen LogP contribution is 2.17. The van der Waals surface area contributed by atoms with Crippen LogP contribution in [0.15, 0.2) is 41.2 Å². The van der Waals surface area contributed by atoms with E-state index in [0.717, 1.165) is 17.7 Å². The fraction of sp³-hybridized carbons (Fsp3) is 0.263. The summed E-state index contributed by atoms with van der Waals surface area (Å²) in [6.45, 7) is 5.76. The van der Waals surface area contributed by atoms with Crippen molar-refractivity contribution in [1.29, 1.82) is 0 Å². The number of rotatable bonds is 5. The van der Waals surface area contributed by atoms with E-state index in [-0.39, 0.29) is 17.4 Å². The molecule has 0 bridgehead atoms. The molecule has 2 N–H and O–H groups in total. The van der Waals surface area contributed by atoms with Crippen molar-refractivity contribution in [2.75, 3.05) is 5.32 Å². The molecule has 2 heterocycles. The van der Waals surface area contributed by atoms with Crippen LogP contribution in [-0.2, 0) is 12.8 Å². The molecule has 1 aromatic carbocycles. The van der Waals surface area contributed by atoms with Crippen molar-refractivity contribution < 1.29 is 4.79 Å². The van der Waals surface area contributed by atoms with Crippen LogP contribution in [0.25, 0.3) is 5.95 Å². The van der Waals surface area contributed by atoms with E-state index in [0.29, 0.717) is 23.5 Å². The summed E-state index contributed by atoms with van der Waals surface area (Å²) >= 11 is 0. The van der Waals surface area contributed by atoms with Crippen LogP contribution in [0.2, 0.25) is 0 Å². The lowest BCUT2D eigenvalue weighted by Gasteiger charge is -2.11. The summed E-state index contributed by atoms with van der Waals surface area (Å²) in [6, 6.07) is 10.7. The van der Waals surface area contributed by atoms with Gasteiger partial charge in [0.15, 0.2) is 0 Å². The molecule has 134 valence electrons. The number of hydrogen-bond acceptors (Lipinski definition) is 4. The third kappa shape index (κ3) is 3.56. The summed E-state index contributed by atoms with van der Waals surface area (Å²) in [5.74, 6) is 0.508. The van der Waals surface area contributed by atoms with Gasteiger partial charge in [0, 0.05) is 23.4 Å². The molecule has 0 radical (unpaired) electrons. The van der Waals surface area contributed by atoms with Crippen molar-refractivity contribution in [1.82, 2.24) is 19.7 Å². The first-order chi connectivity index (χ1) is 12.5. The maximum absolute atomic E-state index is 12.7. The molecule has 0 atom stereocenters. The number of aryl methyl sites for hydroxylation is 3. The highest BCUT2D eigenvalue weighted by atomic mass is 16.2. The Kier molecular flexibility index (Phi) is 4.97. The molecule has 0 saturated carbocycles. The molecule has 0 spiro atoms. The van der Waals surface area contributed by atoms with E-state index in [4.69, 9.17) is 0 Å².